The zero-order valence-corrected chi connectivity index (χ0v) is 11.7. The number of sulfone groups is 1. The van der Waals surface area contributed by atoms with Crippen LogP contribution in [-0.2, 0) is 9.84 Å². The average Bonchev–Trinajstić information content (AvgIpc) is 2.49. The van der Waals surface area contributed by atoms with E-state index in [-0.39, 0.29) is 11.8 Å². The topological polar surface area (TPSA) is 60.2 Å². The van der Waals surface area contributed by atoms with Gasteiger partial charge in [-0.25, -0.2) is 8.42 Å². The SMILES string of the molecule is CS(=O)(=O)CCCC(N)c1csc(Br)c1. The standard InChI is InChI=1S/C9H14BrNO2S2/c1-15(12,13)4-2-3-8(11)7-5-9(10)14-6-7/h5-6,8H,2-4,11H2,1H3. The molecule has 1 aromatic heterocycles. The smallest absolute Gasteiger partial charge is 0.147 e. The Hall–Kier alpha value is 0.0900. The molecule has 3 nitrogen and oxygen atoms in total. The summed E-state index contributed by atoms with van der Waals surface area (Å²) in [5.41, 5.74) is 7.00. The zero-order chi connectivity index (χ0) is 11.5. The van der Waals surface area contributed by atoms with Crippen LogP contribution in [0.1, 0.15) is 24.4 Å². The van der Waals surface area contributed by atoms with Crippen LogP contribution in [0, 0.1) is 0 Å². The first kappa shape index (κ1) is 13.2. The third-order valence-electron chi connectivity index (χ3n) is 2.05. The van der Waals surface area contributed by atoms with Gasteiger partial charge in [-0.05, 0) is 45.8 Å². The highest BCUT2D eigenvalue weighted by atomic mass is 79.9. The fourth-order valence-electron chi connectivity index (χ4n) is 1.25. The number of nitrogens with two attached hydrogens (primary N) is 1. The van der Waals surface area contributed by atoms with Gasteiger partial charge < -0.3 is 5.73 Å². The molecule has 0 bridgehead atoms. The number of halogens is 1. The minimum atomic E-state index is -2.86. The minimum absolute atomic E-state index is 0.0608. The molecule has 0 saturated carbocycles. The second-order valence-corrected chi connectivity index (χ2v) is 8.11. The molecule has 0 radical (unpaired) electrons. The molecule has 6 heteroatoms. The van der Waals surface area contributed by atoms with E-state index in [4.69, 9.17) is 5.73 Å². The molecule has 1 heterocycles. The molecule has 0 aliphatic heterocycles. The first-order valence-corrected chi connectivity index (χ1v) is 8.29. The zero-order valence-electron chi connectivity index (χ0n) is 8.44. The second-order valence-electron chi connectivity index (χ2n) is 3.56. The third kappa shape index (κ3) is 5.10. The van der Waals surface area contributed by atoms with Gasteiger partial charge in [-0.2, -0.15) is 0 Å². The van der Waals surface area contributed by atoms with Crippen molar-refractivity contribution in [3.8, 4) is 0 Å². The molecule has 1 aromatic rings. The molecule has 0 fully saturated rings. The lowest BCUT2D eigenvalue weighted by molar-refractivity contribution is 0.588. The summed E-state index contributed by atoms with van der Waals surface area (Å²) in [6.07, 6.45) is 2.57. The van der Waals surface area contributed by atoms with Gasteiger partial charge in [0, 0.05) is 18.1 Å². The molecule has 15 heavy (non-hydrogen) atoms. The summed E-state index contributed by atoms with van der Waals surface area (Å²) in [6.45, 7) is 0. The van der Waals surface area contributed by atoms with E-state index >= 15 is 0 Å². The summed E-state index contributed by atoms with van der Waals surface area (Å²) in [6, 6.07) is 1.92. The van der Waals surface area contributed by atoms with Crippen LogP contribution in [0.5, 0.6) is 0 Å². The molecule has 1 unspecified atom stereocenters. The van der Waals surface area contributed by atoms with Gasteiger partial charge >= 0.3 is 0 Å². The van der Waals surface area contributed by atoms with Crippen molar-refractivity contribution >= 4 is 37.1 Å². The first-order valence-electron chi connectivity index (χ1n) is 4.56. The maximum atomic E-state index is 10.9. The molecular formula is C9H14BrNO2S2. The molecule has 0 aliphatic rings. The summed E-state index contributed by atoms with van der Waals surface area (Å²) in [7, 11) is -2.86. The fraction of sp³-hybridized carbons (Fsp3) is 0.556. The van der Waals surface area contributed by atoms with Crippen molar-refractivity contribution in [2.75, 3.05) is 12.0 Å². The molecule has 86 valence electrons. The Bertz CT molecular complexity index is 414. The summed E-state index contributed by atoms with van der Waals surface area (Å²) in [5, 5.41) is 2.00. The first-order chi connectivity index (χ1) is 6.88. The van der Waals surface area contributed by atoms with Crippen molar-refractivity contribution in [1.82, 2.24) is 0 Å². The Morgan fingerprint density at radius 3 is 2.73 bits per heavy atom. The van der Waals surface area contributed by atoms with Gasteiger partial charge in [0.15, 0.2) is 0 Å². The van der Waals surface area contributed by atoms with E-state index in [9.17, 15) is 8.42 Å². The predicted molar refractivity (Wildman–Crippen MR) is 67.9 cm³/mol. The fourth-order valence-corrected chi connectivity index (χ4v) is 3.18. The highest BCUT2D eigenvalue weighted by Gasteiger charge is 2.09. The highest BCUT2D eigenvalue weighted by Crippen LogP contribution is 2.26. The predicted octanol–water partition coefficient (Wildman–Crippen LogP) is 2.34. The minimum Gasteiger partial charge on any atom is -0.324 e. The Labute approximate surface area is 103 Å². The number of hydrogen-bond acceptors (Lipinski definition) is 4. The van der Waals surface area contributed by atoms with E-state index in [1.807, 2.05) is 11.4 Å². The lowest BCUT2D eigenvalue weighted by Crippen LogP contribution is -2.12. The lowest BCUT2D eigenvalue weighted by atomic mass is 10.1. The molecule has 2 N–H and O–H groups in total. The Kier molecular flexibility index (Phi) is 4.76. The average molecular weight is 312 g/mol. The van der Waals surface area contributed by atoms with E-state index in [2.05, 4.69) is 15.9 Å². The number of thiophene rings is 1. The summed E-state index contributed by atoms with van der Waals surface area (Å²) in [4.78, 5) is 0. The van der Waals surface area contributed by atoms with Gasteiger partial charge in [0.1, 0.15) is 9.84 Å². The Balaban J connectivity index is 2.40. The molecule has 0 saturated heterocycles. The van der Waals surface area contributed by atoms with E-state index in [1.54, 1.807) is 11.3 Å². The van der Waals surface area contributed by atoms with Crippen molar-refractivity contribution in [2.45, 2.75) is 18.9 Å². The van der Waals surface area contributed by atoms with Crippen LogP contribution in [0.2, 0.25) is 0 Å². The Morgan fingerprint density at radius 1 is 1.60 bits per heavy atom. The van der Waals surface area contributed by atoms with Crippen molar-refractivity contribution < 1.29 is 8.42 Å². The van der Waals surface area contributed by atoms with Crippen LogP contribution in [0.4, 0.5) is 0 Å². The van der Waals surface area contributed by atoms with Crippen molar-refractivity contribution in [1.29, 1.82) is 0 Å². The maximum absolute atomic E-state index is 10.9. The molecule has 1 atom stereocenters. The van der Waals surface area contributed by atoms with Crippen LogP contribution in [-0.4, -0.2) is 20.4 Å². The maximum Gasteiger partial charge on any atom is 0.147 e. The van der Waals surface area contributed by atoms with Gasteiger partial charge in [-0.3, -0.25) is 0 Å². The number of rotatable bonds is 5. The van der Waals surface area contributed by atoms with E-state index in [0.29, 0.717) is 12.8 Å². The van der Waals surface area contributed by atoms with E-state index < -0.39 is 9.84 Å². The van der Waals surface area contributed by atoms with E-state index in [1.165, 1.54) is 6.26 Å². The lowest BCUT2D eigenvalue weighted by Gasteiger charge is -2.08. The van der Waals surface area contributed by atoms with Crippen LogP contribution in [0.15, 0.2) is 15.2 Å². The van der Waals surface area contributed by atoms with Crippen LogP contribution >= 0.6 is 27.3 Å². The number of hydrogen-bond donors (Lipinski definition) is 1. The van der Waals surface area contributed by atoms with Crippen LogP contribution in [0.3, 0.4) is 0 Å². The van der Waals surface area contributed by atoms with Crippen LogP contribution in [0.25, 0.3) is 0 Å². The Morgan fingerprint density at radius 2 is 2.27 bits per heavy atom. The molecule has 0 aromatic carbocycles. The molecule has 0 amide bonds. The quantitative estimate of drug-likeness (QED) is 0.908. The van der Waals surface area contributed by atoms with Gasteiger partial charge in [0.2, 0.25) is 0 Å². The molecule has 0 spiro atoms. The van der Waals surface area contributed by atoms with Gasteiger partial charge in [-0.15, -0.1) is 11.3 Å². The van der Waals surface area contributed by atoms with Crippen molar-refractivity contribution in [3.05, 3.63) is 20.8 Å². The third-order valence-corrected chi connectivity index (χ3v) is 4.60. The van der Waals surface area contributed by atoms with Crippen LogP contribution < -0.4 is 5.73 Å². The van der Waals surface area contributed by atoms with Gasteiger partial charge in [0.05, 0.1) is 3.79 Å². The summed E-state index contributed by atoms with van der Waals surface area (Å²) in [5.74, 6) is 0.214. The summed E-state index contributed by atoms with van der Waals surface area (Å²) < 4.78 is 22.9. The molecule has 0 aliphatic carbocycles. The molecular weight excluding hydrogens is 298 g/mol. The highest BCUT2D eigenvalue weighted by molar-refractivity contribution is 9.11. The largest absolute Gasteiger partial charge is 0.324 e. The van der Waals surface area contributed by atoms with Crippen molar-refractivity contribution in [2.24, 2.45) is 5.73 Å². The monoisotopic (exact) mass is 311 g/mol. The van der Waals surface area contributed by atoms with Gasteiger partial charge in [0.25, 0.3) is 0 Å². The van der Waals surface area contributed by atoms with Gasteiger partial charge in [-0.1, -0.05) is 0 Å². The van der Waals surface area contributed by atoms with Crippen molar-refractivity contribution in [3.63, 3.8) is 0 Å². The normalized spacial score (nSPS) is 14.1. The summed E-state index contributed by atoms with van der Waals surface area (Å²) >= 11 is 4.96. The second kappa shape index (κ2) is 5.43. The van der Waals surface area contributed by atoms with E-state index in [0.717, 1.165) is 9.35 Å². The molecule has 1 rings (SSSR count).